The summed E-state index contributed by atoms with van der Waals surface area (Å²) >= 11 is 0. The van der Waals surface area contributed by atoms with E-state index >= 15 is 0 Å². The van der Waals surface area contributed by atoms with Crippen molar-refractivity contribution in [3.8, 4) is 0 Å². The zero-order valence-corrected chi connectivity index (χ0v) is 21.7. The van der Waals surface area contributed by atoms with Gasteiger partial charge in [-0.1, -0.05) is 73.8 Å². The third-order valence-corrected chi connectivity index (χ3v) is 106. The fourth-order valence-electron chi connectivity index (χ4n) is 3.66. The molecule has 2 aliphatic heterocycles. The molecule has 0 unspecified atom stereocenters. The summed E-state index contributed by atoms with van der Waals surface area (Å²) in [4.78, 5) is 0. The molecule has 8 heteroatoms. The first-order chi connectivity index (χ1) is 11.3. The van der Waals surface area contributed by atoms with E-state index in [9.17, 15) is 0 Å². The third-order valence-electron chi connectivity index (χ3n) is 4.98. The van der Waals surface area contributed by atoms with Gasteiger partial charge >= 0.3 is 0 Å². The van der Waals surface area contributed by atoms with Crippen molar-refractivity contribution in [2.75, 3.05) is 0 Å². The lowest BCUT2D eigenvalue weighted by atomic mass is 10.4. The molecule has 24 heavy (non-hydrogen) atoms. The maximum atomic E-state index is 2.72. The normalized spacial score (nSPS) is 41.3. The van der Waals surface area contributed by atoms with Crippen LogP contribution in [-0.4, -0.2) is 24.5 Å². The molecule has 0 nitrogen and oxygen atoms in total. The van der Waals surface area contributed by atoms with Gasteiger partial charge in [-0.3, -0.25) is 0 Å². The predicted octanol–water partition coefficient (Wildman–Crippen LogP) is 5.13. The van der Waals surface area contributed by atoms with Crippen LogP contribution in [0, 0.1) is 0 Å². The molecule has 2 saturated heterocycles. The van der Waals surface area contributed by atoms with E-state index in [0.29, 0.717) is 0 Å². The lowest BCUT2D eigenvalue weighted by Gasteiger charge is -2.29. The maximum Gasteiger partial charge on any atom is 0.194 e. The molecule has 0 saturated carbocycles. The van der Waals surface area contributed by atoms with Gasteiger partial charge in [-0.25, -0.2) is 0 Å². The molecular weight excluding hydrogens is 433 g/mol. The Balaban J connectivity index is 1.69. The second kappa shape index (κ2) is 6.12. The average Bonchev–Trinajstić information content (AvgIpc) is 2.87. The molecule has 0 amide bonds. The largest absolute Gasteiger partial charge is 0.194 e. The first-order valence-corrected chi connectivity index (χ1v) is 28.3. The Morgan fingerprint density at radius 2 is 0.792 bits per heavy atom. The summed E-state index contributed by atoms with van der Waals surface area (Å²) in [7, 11) is 10.1. The Bertz CT molecular complexity index is 678. The van der Waals surface area contributed by atoms with E-state index in [4.69, 9.17) is 0 Å². The quantitative estimate of drug-likeness (QED) is 0.577. The molecule has 0 bridgehead atoms. The molecule has 2 heterocycles. The van der Waals surface area contributed by atoms with Crippen LogP contribution in [0.3, 0.4) is 0 Å². The minimum atomic E-state index is -1.43. The molecule has 126 valence electrons. The van der Waals surface area contributed by atoms with Crippen LogP contribution in [0.25, 0.3) is 0 Å². The SMILES string of the molecule is C[Si]1(c2ccccc2)S[Si]2(C)S[Si](C)(c3ccccc3)S[Si]2(C)S1. The molecule has 0 aromatic heterocycles. The highest BCUT2D eigenvalue weighted by Gasteiger charge is 2.72. The van der Waals surface area contributed by atoms with Gasteiger partial charge in [0.05, 0.1) is 0 Å². The third kappa shape index (κ3) is 2.81. The summed E-state index contributed by atoms with van der Waals surface area (Å²) in [5, 5.41) is 3.31. The highest BCUT2D eigenvalue weighted by Crippen LogP contribution is 2.71. The fraction of sp³-hybridized carbons (Fsp3) is 0.250. The van der Waals surface area contributed by atoms with Crippen LogP contribution in [0.5, 0.6) is 0 Å². The Labute approximate surface area is 163 Å². The van der Waals surface area contributed by atoms with E-state index in [1.165, 1.54) is 0 Å². The summed E-state index contributed by atoms with van der Waals surface area (Å²) in [5.74, 6) is -2.58. The second-order valence-electron chi connectivity index (χ2n) is 6.92. The van der Waals surface area contributed by atoms with Crippen LogP contribution in [-0.2, 0) is 0 Å². The van der Waals surface area contributed by atoms with Crippen molar-refractivity contribution in [2.45, 2.75) is 26.2 Å². The van der Waals surface area contributed by atoms with Crippen molar-refractivity contribution in [3.63, 3.8) is 0 Å². The van der Waals surface area contributed by atoms with Crippen molar-refractivity contribution < 1.29 is 0 Å². The summed E-state index contributed by atoms with van der Waals surface area (Å²) in [5.41, 5.74) is 0. The first-order valence-electron chi connectivity index (χ1n) is 8.20. The maximum absolute atomic E-state index is 2.72. The molecular formula is C16H22S4Si4. The molecule has 2 aromatic carbocycles. The fourth-order valence-corrected chi connectivity index (χ4v) is 200. The molecule has 0 N–H and O–H groups in total. The van der Waals surface area contributed by atoms with E-state index in [-0.39, 0.29) is 0 Å². The van der Waals surface area contributed by atoms with Gasteiger partial charge < -0.3 is 0 Å². The standard InChI is InChI=1S/C16H22S4Si4/c1-21(15-11-7-5-8-12-15)17-23(3)19-22(2,20-24(23,4)18-21)16-13-9-6-10-14-16/h5-14H,1-4H3. The second-order valence-corrected chi connectivity index (χ2v) is 59.3. The van der Waals surface area contributed by atoms with Gasteiger partial charge in [0, 0.05) is 0 Å². The molecule has 0 aliphatic carbocycles. The van der Waals surface area contributed by atoms with Crippen molar-refractivity contribution in [1.29, 1.82) is 0 Å². The average molecular weight is 455 g/mol. The van der Waals surface area contributed by atoms with Gasteiger partial charge in [-0.2, -0.15) is 42.6 Å². The first kappa shape index (κ1) is 18.1. The van der Waals surface area contributed by atoms with E-state index in [1.807, 2.05) is 0 Å². The molecule has 0 atom stereocenters. The van der Waals surface area contributed by atoms with E-state index < -0.39 is 24.5 Å². The summed E-state index contributed by atoms with van der Waals surface area (Å²) in [6.45, 7) is 10.7. The van der Waals surface area contributed by atoms with Gasteiger partial charge in [-0.15, -0.1) is 0 Å². The molecule has 4 rings (SSSR count). The van der Waals surface area contributed by atoms with Crippen molar-refractivity contribution in [3.05, 3.63) is 60.7 Å². The number of hydrogen-bond acceptors (Lipinski definition) is 4. The topological polar surface area (TPSA) is 0 Å². The predicted molar refractivity (Wildman–Crippen MR) is 129 cm³/mol. The van der Waals surface area contributed by atoms with Crippen molar-refractivity contribution in [2.24, 2.45) is 0 Å². The summed E-state index contributed by atoms with van der Waals surface area (Å²) in [6.07, 6.45) is -2.86. The number of hydrogen-bond donors (Lipinski definition) is 0. The molecule has 2 fully saturated rings. The van der Waals surface area contributed by atoms with Crippen LogP contribution in [0.4, 0.5) is 0 Å². The summed E-state index contributed by atoms with van der Waals surface area (Å²) < 4.78 is 0. The van der Waals surface area contributed by atoms with Gasteiger partial charge in [0.1, 0.15) is 0 Å². The van der Waals surface area contributed by atoms with Gasteiger partial charge in [0.2, 0.25) is 0 Å². The van der Waals surface area contributed by atoms with Crippen LogP contribution in [0.1, 0.15) is 0 Å². The van der Waals surface area contributed by atoms with Gasteiger partial charge in [-0.05, 0) is 23.5 Å². The minimum Gasteiger partial charge on any atom is -0.180 e. The number of rotatable bonds is 2. The van der Waals surface area contributed by atoms with Crippen molar-refractivity contribution in [1.82, 2.24) is 0 Å². The lowest BCUT2D eigenvalue weighted by Crippen LogP contribution is -2.41. The molecule has 0 radical (unpaired) electrons. The van der Waals surface area contributed by atoms with Gasteiger partial charge in [0.25, 0.3) is 0 Å². The summed E-state index contributed by atoms with van der Waals surface area (Å²) in [6, 6.07) is 22.8. The number of fused-ring (bicyclic) bond motifs is 1. The van der Waals surface area contributed by atoms with Crippen LogP contribution in [0.2, 0.25) is 26.2 Å². The monoisotopic (exact) mass is 454 g/mol. The van der Waals surface area contributed by atoms with Crippen LogP contribution < -0.4 is 10.4 Å². The van der Waals surface area contributed by atoms with E-state index in [2.05, 4.69) is 129 Å². The molecule has 0 spiro atoms. The number of benzene rings is 2. The van der Waals surface area contributed by atoms with Crippen LogP contribution in [0.15, 0.2) is 60.7 Å². The Kier molecular flexibility index (Phi) is 4.61. The van der Waals surface area contributed by atoms with Gasteiger partial charge in [0.15, 0.2) is 24.5 Å². The van der Waals surface area contributed by atoms with Crippen LogP contribution >= 0.6 is 42.6 Å². The molecule has 2 aromatic rings. The lowest BCUT2D eigenvalue weighted by molar-refractivity contribution is 1.76. The van der Waals surface area contributed by atoms with E-state index in [0.717, 1.165) is 0 Å². The Morgan fingerprint density at radius 3 is 1.08 bits per heavy atom. The molecule has 2 aliphatic rings. The van der Waals surface area contributed by atoms with E-state index in [1.54, 1.807) is 10.4 Å². The zero-order valence-electron chi connectivity index (χ0n) is 14.4. The Morgan fingerprint density at radius 1 is 0.500 bits per heavy atom. The van der Waals surface area contributed by atoms with Crippen molar-refractivity contribution >= 4 is 77.5 Å². The Hall–Kier alpha value is 0.708. The highest BCUT2D eigenvalue weighted by atomic mass is 33.0. The minimum absolute atomic E-state index is 1.29. The highest BCUT2D eigenvalue weighted by molar-refractivity contribution is 9.15. The smallest absolute Gasteiger partial charge is 0.180 e. The zero-order chi connectivity index (χ0) is 17.1.